The fraction of sp³-hybridized carbons (Fsp3) is 0.160. The molecular weight excluding hydrogens is 362 g/mol. The molecule has 29 heavy (non-hydrogen) atoms. The van der Waals surface area contributed by atoms with Crippen molar-refractivity contribution in [1.29, 1.82) is 0 Å². The van der Waals surface area contributed by atoms with Crippen molar-refractivity contribution in [3.05, 3.63) is 87.8 Å². The number of benzene rings is 3. The Morgan fingerprint density at radius 3 is 2.45 bits per heavy atom. The molecule has 4 heteroatoms. The van der Waals surface area contributed by atoms with E-state index in [1.165, 1.54) is 0 Å². The lowest BCUT2D eigenvalue weighted by Gasteiger charge is -2.26. The van der Waals surface area contributed by atoms with Crippen LogP contribution in [0.1, 0.15) is 35.3 Å². The highest BCUT2D eigenvalue weighted by atomic mass is 16.5. The number of carboxylic acid groups (broad SMARTS) is 1. The van der Waals surface area contributed by atoms with Crippen LogP contribution in [0.25, 0.3) is 12.2 Å². The molecule has 0 aliphatic carbocycles. The number of fused-ring (bicyclic) bond motifs is 2. The standard InChI is InChI=1S/C25H23NO3/c1-4-26(5-2)17-11-13-21-23(15-17)29-22-14-16(3)10-12-20(22)24(21)18-8-6-7-9-19(18)25(27)28/h6-15H,3-5H2,1-2H3,(H,27,28). The molecule has 0 bridgehead atoms. The van der Waals surface area contributed by atoms with Crippen LogP contribution in [-0.2, 0) is 0 Å². The third-order valence-corrected chi connectivity index (χ3v) is 5.33. The molecular formula is C25H23NO3. The normalized spacial score (nSPS) is 12.0. The SMILES string of the molecule is C=c1ccc2c(c1)Oc1cc(N(CC)CC)ccc1C=2c1ccccc1C(=O)O. The zero-order valence-corrected chi connectivity index (χ0v) is 16.6. The maximum absolute atomic E-state index is 11.9. The second-order valence-corrected chi connectivity index (χ2v) is 7.01. The predicted molar refractivity (Wildman–Crippen MR) is 116 cm³/mol. The van der Waals surface area contributed by atoms with Gasteiger partial charge in [0.25, 0.3) is 0 Å². The van der Waals surface area contributed by atoms with E-state index in [-0.39, 0.29) is 5.56 Å². The number of rotatable bonds is 5. The van der Waals surface area contributed by atoms with Crippen molar-refractivity contribution in [3.63, 3.8) is 0 Å². The van der Waals surface area contributed by atoms with Crippen LogP contribution < -0.4 is 20.1 Å². The molecule has 0 radical (unpaired) electrons. The van der Waals surface area contributed by atoms with Gasteiger partial charge in [0.05, 0.1) is 5.56 Å². The summed E-state index contributed by atoms with van der Waals surface area (Å²) in [4.78, 5) is 14.2. The predicted octanol–water partition coefficient (Wildman–Crippen LogP) is 3.99. The molecule has 0 amide bonds. The first-order valence-corrected chi connectivity index (χ1v) is 9.76. The van der Waals surface area contributed by atoms with Gasteiger partial charge in [0.2, 0.25) is 0 Å². The van der Waals surface area contributed by atoms with Gasteiger partial charge in [-0.15, -0.1) is 0 Å². The van der Waals surface area contributed by atoms with E-state index >= 15 is 0 Å². The van der Waals surface area contributed by atoms with Crippen LogP contribution >= 0.6 is 0 Å². The molecule has 3 aromatic carbocycles. The highest BCUT2D eigenvalue weighted by Crippen LogP contribution is 2.39. The number of carboxylic acids is 1. The van der Waals surface area contributed by atoms with E-state index in [1.54, 1.807) is 12.1 Å². The van der Waals surface area contributed by atoms with Gasteiger partial charge in [-0.2, -0.15) is 0 Å². The molecule has 4 rings (SSSR count). The number of ether oxygens (including phenoxy) is 1. The summed E-state index contributed by atoms with van der Waals surface area (Å²) in [6, 6.07) is 19.0. The van der Waals surface area contributed by atoms with Crippen molar-refractivity contribution >= 4 is 23.8 Å². The zero-order valence-electron chi connectivity index (χ0n) is 16.6. The van der Waals surface area contributed by atoms with Gasteiger partial charge in [-0.25, -0.2) is 4.79 Å². The van der Waals surface area contributed by atoms with Gasteiger partial charge in [0.1, 0.15) is 11.5 Å². The van der Waals surface area contributed by atoms with E-state index in [2.05, 4.69) is 31.4 Å². The minimum Gasteiger partial charge on any atom is -0.478 e. The van der Waals surface area contributed by atoms with E-state index in [9.17, 15) is 9.90 Å². The number of carbonyl (C=O) groups is 1. The average molecular weight is 385 g/mol. The quantitative estimate of drug-likeness (QED) is 0.564. The fourth-order valence-corrected chi connectivity index (χ4v) is 3.89. The Labute approximate surface area is 170 Å². The third-order valence-electron chi connectivity index (χ3n) is 5.33. The lowest BCUT2D eigenvalue weighted by molar-refractivity contribution is 0.0696. The van der Waals surface area contributed by atoms with Crippen LogP contribution in [0.5, 0.6) is 11.5 Å². The average Bonchev–Trinajstić information content (AvgIpc) is 2.72. The van der Waals surface area contributed by atoms with E-state index in [4.69, 9.17) is 4.74 Å². The third kappa shape index (κ3) is 3.27. The summed E-state index contributed by atoms with van der Waals surface area (Å²) in [5.41, 5.74) is 3.78. The number of hydrogen-bond acceptors (Lipinski definition) is 3. The molecule has 0 atom stereocenters. The summed E-state index contributed by atoms with van der Waals surface area (Å²) in [6.07, 6.45) is 0. The van der Waals surface area contributed by atoms with Gasteiger partial charge in [-0.1, -0.05) is 36.9 Å². The smallest absolute Gasteiger partial charge is 0.336 e. The summed E-state index contributed by atoms with van der Waals surface area (Å²) in [7, 11) is 0. The van der Waals surface area contributed by atoms with Crippen molar-refractivity contribution in [3.8, 4) is 11.5 Å². The molecule has 1 heterocycles. The summed E-state index contributed by atoms with van der Waals surface area (Å²) in [6.45, 7) is 10.0. The molecule has 0 saturated heterocycles. The summed E-state index contributed by atoms with van der Waals surface area (Å²) >= 11 is 0. The van der Waals surface area contributed by atoms with E-state index in [0.717, 1.165) is 46.1 Å². The minimum atomic E-state index is -0.948. The first kappa shape index (κ1) is 18.8. The van der Waals surface area contributed by atoms with E-state index in [1.807, 2.05) is 42.5 Å². The Bertz CT molecular complexity index is 1210. The Balaban J connectivity index is 2.04. The van der Waals surface area contributed by atoms with Gasteiger partial charge >= 0.3 is 5.97 Å². The molecule has 146 valence electrons. The van der Waals surface area contributed by atoms with E-state index < -0.39 is 5.97 Å². The highest BCUT2D eigenvalue weighted by molar-refractivity contribution is 5.98. The molecule has 1 aliphatic rings. The fourth-order valence-electron chi connectivity index (χ4n) is 3.89. The van der Waals surface area contributed by atoms with Crippen LogP contribution in [0.15, 0.2) is 60.7 Å². The molecule has 0 saturated carbocycles. The monoisotopic (exact) mass is 385 g/mol. The Morgan fingerprint density at radius 2 is 1.72 bits per heavy atom. The van der Waals surface area contributed by atoms with Gasteiger partial charge in [0.15, 0.2) is 0 Å². The Kier molecular flexibility index (Phi) is 4.85. The summed E-state index contributed by atoms with van der Waals surface area (Å²) in [5.74, 6) is 0.468. The van der Waals surface area contributed by atoms with E-state index in [0.29, 0.717) is 11.3 Å². The zero-order chi connectivity index (χ0) is 20.5. The topological polar surface area (TPSA) is 49.8 Å². The number of anilines is 1. The molecule has 3 aromatic rings. The molecule has 1 aliphatic heterocycles. The first-order chi connectivity index (χ1) is 14.0. The minimum absolute atomic E-state index is 0.271. The molecule has 0 spiro atoms. The van der Waals surface area contributed by atoms with Crippen LogP contribution in [0.3, 0.4) is 0 Å². The van der Waals surface area contributed by atoms with Crippen molar-refractivity contribution < 1.29 is 14.6 Å². The van der Waals surface area contributed by atoms with Gasteiger partial charge in [0, 0.05) is 41.2 Å². The van der Waals surface area contributed by atoms with Gasteiger partial charge in [-0.3, -0.25) is 0 Å². The maximum Gasteiger partial charge on any atom is 0.336 e. The van der Waals surface area contributed by atoms with Crippen LogP contribution in [0.2, 0.25) is 0 Å². The Hall–Kier alpha value is -3.53. The molecule has 1 N–H and O–H groups in total. The highest BCUT2D eigenvalue weighted by Gasteiger charge is 2.24. The van der Waals surface area contributed by atoms with Crippen LogP contribution in [-0.4, -0.2) is 24.2 Å². The molecule has 0 unspecified atom stereocenters. The van der Waals surface area contributed by atoms with Crippen molar-refractivity contribution in [2.75, 3.05) is 18.0 Å². The van der Waals surface area contributed by atoms with Crippen LogP contribution in [0.4, 0.5) is 5.69 Å². The second kappa shape index (κ2) is 7.47. The lowest BCUT2D eigenvalue weighted by Crippen LogP contribution is -2.23. The largest absolute Gasteiger partial charge is 0.478 e. The van der Waals surface area contributed by atoms with Crippen molar-refractivity contribution in [1.82, 2.24) is 0 Å². The van der Waals surface area contributed by atoms with Crippen molar-refractivity contribution in [2.24, 2.45) is 0 Å². The lowest BCUT2D eigenvalue weighted by atomic mass is 9.89. The summed E-state index contributed by atoms with van der Waals surface area (Å²) in [5, 5.41) is 11.5. The number of aromatic carboxylic acids is 1. The van der Waals surface area contributed by atoms with Gasteiger partial charge in [-0.05, 0) is 48.9 Å². The molecule has 0 aromatic heterocycles. The molecule has 4 nitrogen and oxygen atoms in total. The van der Waals surface area contributed by atoms with Gasteiger partial charge < -0.3 is 14.7 Å². The van der Waals surface area contributed by atoms with Crippen LogP contribution in [0, 0.1) is 0 Å². The Morgan fingerprint density at radius 1 is 0.966 bits per heavy atom. The number of nitrogens with zero attached hydrogens (tertiary/aromatic N) is 1. The molecule has 0 fully saturated rings. The van der Waals surface area contributed by atoms with Crippen molar-refractivity contribution in [2.45, 2.75) is 13.8 Å². The summed E-state index contributed by atoms with van der Waals surface area (Å²) < 4.78 is 6.26. The maximum atomic E-state index is 11.9. The second-order valence-electron chi connectivity index (χ2n) is 7.01. The first-order valence-electron chi connectivity index (χ1n) is 9.76. The number of hydrogen-bond donors (Lipinski definition) is 1.